The molecule has 1 amide bonds. The summed E-state index contributed by atoms with van der Waals surface area (Å²) in [6.07, 6.45) is 3.67. The second-order valence-electron chi connectivity index (χ2n) is 7.87. The van der Waals surface area contributed by atoms with Crippen LogP contribution in [0, 0.1) is 0 Å². The van der Waals surface area contributed by atoms with Crippen LogP contribution < -0.4 is 15.4 Å². The molecule has 0 unspecified atom stereocenters. The van der Waals surface area contributed by atoms with Gasteiger partial charge in [-0.25, -0.2) is 4.68 Å². The van der Waals surface area contributed by atoms with Crippen LogP contribution in [-0.4, -0.2) is 28.1 Å². The highest BCUT2D eigenvalue weighted by molar-refractivity contribution is 6.08. The molecule has 7 heteroatoms. The lowest BCUT2D eigenvalue weighted by molar-refractivity contribution is -0.116. The van der Waals surface area contributed by atoms with Crippen LogP contribution in [0.1, 0.15) is 48.1 Å². The Hall–Kier alpha value is -3.87. The minimum atomic E-state index is -0.345. The fourth-order valence-electron chi connectivity index (χ4n) is 4.37. The summed E-state index contributed by atoms with van der Waals surface area (Å²) in [5.74, 6) is 1.23. The molecule has 1 aliphatic carbocycles. The van der Waals surface area contributed by atoms with Gasteiger partial charge in [0.25, 0.3) is 5.91 Å². The minimum Gasteiger partial charge on any atom is -0.494 e. The largest absolute Gasteiger partial charge is 0.494 e. The number of Topliss-reactive ketones (excluding diaryl/α,β-unsaturated/α-hetero) is 1. The van der Waals surface area contributed by atoms with E-state index in [0.29, 0.717) is 30.1 Å². The number of amides is 1. The topological polar surface area (TPSA) is 85.2 Å². The zero-order valence-electron chi connectivity index (χ0n) is 17.8. The maximum atomic E-state index is 13.1. The molecule has 7 nitrogen and oxygen atoms in total. The number of hydrogen-bond donors (Lipinski definition) is 2. The molecule has 1 atom stereocenters. The van der Waals surface area contributed by atoms with E-state index in [9.17, 15) is 9.59 Å². The third-order valence-electron chi connectivity index (χ3n) is 5.82. The number of carbonyl (C=O) groups is 2. The van der Waals surface area contributed by atoms with Gasteiger partial charge in [0.15, 0.2) is 5.78 Å². The van der Waals surface area contributed by atoms with Gasteiger partial charge in [-0.3, -0.25) is 9.59 Å². The molecule has 2 heterocycles. The van der Waals surface area contributed by atoms with Crippen molar-refractivity contribution in [3.8, 4) is 5.75 Å². The van der Waals surface area contributed by atoms with Crippen LogP contribution in [0.5, 0.6) is 5.75 Å². The quantitative estimate of drug-likeness (QED) is 0.622. The highest BCUT2D eigenvalue weighted by Crippen LogP contribution is 2.41. The van der Waals surface area contributed by atoms with E-state index in [1.54, 1.807) is 23.0 Å². The molecule has 0 radical (unpaired) electrons. The summed E-state index contributed by atoms with van der Waals surface area (Å²) in [5, 5.41) is 10.8. The molecule has 5 rings (SSSR count). The zero-order chi connectivity index (χ0) is 22.1. The van der Waals surface area contributed by atoms with Gasteiger partial charge in [0, 0.05) is 23.4 Å². The van der Waals surface area contributed by atoms with Crippen LogP contribution in [0.15, 0.2) is 72.1 Å². The van der Waals surface area contributed by atoms with Gasteiger partial charge in [-0.05, 0) is 49.6 Å². The Morgan fingerprint density at radius 3 is 2.69 bits per heavy atom. The zero-order valence-corrected chi connectivity index (χ0v) is 17.8. The number of carbonyl (C=O) groups excluding carboxylic acids is 2. The summed E-state index contributed by atoms with van der Waals surface area (Å²) in [5.41, 5.74) is 3.71. The van der Waals surface area contributed by atoms with Gasteiger partial charge in [-0.15, -0.1) is 0 Å². The highest BCUT2D eigenvalue weighted by Gasteiger charge is 2.37. The average Bonchev–Trinajstić information content (AvgIpc) is 3.24. The van der Waals surface area contributed by atoms with Gasteiger partial charge in [0.1, 0.15) is 23.2 Å². The van der Waals surface area contributed by atoms with Gasteiger partial charge in [0.2, 0.25) is 0 Å². The van der Waals surface area contributed by atoms with Gasteiger partial charge < -0.3 is 15.4 Å². The van der Waals surface area contributed by atoms with Crippen LogP contribution in [0.2, 0.25) is 0 Å². The number of fused-ring (bicyclic) bond motifs is 1. The summed E-state index contributed by atoms with van der Waals surface area (Å²) in [6, 6.07) is 16.7. The predicted octanol–water partition coefficient (Wildman–Crippen LogP) is 4.56. The third kappa shape index (κ3) is 3.56. The molecule has 0 saturated carbocycles. The molecular formula is C25H24N4O3. The highest BCUT2D eigenvalue weighted by atomic mass is 16.5. The Morgan fingerprint density at radius 2 is 1.94 bits per heavy atom. The maximum absolute atomic E-state index is 13.1. The third-order valence-corrected chi connectivity index (χ3v) is 5.82. The van der Waals surface area contributed by atoms with Crippen LogP contribution in [-0.2, 0) is 4.79 Å². The monoisotopic (exact) mass is 428 g/mol. The fourth-order valence-corrected chi connectivity index (χ4v) is 4.37. The normalized spacial score (nSPS) is 17.3. The second kappa shape index (κ2) is 8.34. The van der Waals surface area contributed by atoms with Crippen molar-refractivity contribution >= 4 is 23.2 Å². The van der Waals surface area contributed by atoms with Crippen LogP contribution >= 0.6 is 0 Å². The van der Waals surface area contributed by atoms with Crippen molar-refractivity contribution in [3.05, 3.63) is 83.2 Å². The molecule has 32 heavy (non-hydrogen) atoms. The molecule has 0 bridgehead atoms. The van der Waals surface area contributed by atoms with Crippen molar-refractivity contribution < 1.29 is 14.3 Å². The van der Waals surface area contributed by atoms with Crippen molar-refractivity contribution in [2.24, 2.45) is 0 Å². The fraction of sp³-hybridized carbons (Fsp3) is 0.240. The maximum Gasteiger partial charge on any atom is 0.261 e. The van der Waals surface area contributed by atoms with E-state index in [-0.39, 0.29) is 17.7 Å². The lowest BCUT2D eigenvalue weighted by Crippen LogP contribution is -2.32. The number of nitrogens with one attached hydrogen (secondary N) is 2. The number of rotatable bonds is 5. The molecule has 0 saturated heterocycles. The number of benzene rings is 2. The first-order valence-corrected chi connectivity index (χ1v) is 10.9. The summed E-state index contributed by atoms with van der Waals surface area (Å²) < 4.78 is 7.21. The van der Waals surface area contributed by atoms with Crippen molar-refractivity contribution in [1.82, 2.24) is 9.78 Å². The van der Waals surface area contributed by atoms with Crippen LogP contribution in [0.4, 0.5) is 11.5 Å². The van der Waals surface area contributed by atoms with Crippen molar-refractivity contribution in [2.75, 3.05) is 17.2 Å². The first-order valence-electron chi connectivity index (χ1n) is 10.9. The smallest absolute Gasteiger partial charge is 0.261 e. The van der Waals surface area contributed by atoms with E-state index in [1.807, 2.05) is 49.4 Å². The number of allylic oxidation sites excluding steroid dienone is 2. The predicted molar refractivity (Wildman–Crippen MR) is 122 cm³/mol. The van der Waals surface area contributed by atoms with Gasteiger partial charge in [-0.1, -0.05) is 30.3 Å². The lowest BCUT2D eigenvalue weighted by atomic mass is 9.85. The van der Waals surface area contributed by atoms with Crippen molar-refractivity contribution in [3.63, 3.8) is 0 Å². The number of ether oxygens (including phenoxy) is 1. The summed E-state index contributed by atoms with van der Waals surface area (Å²) >= 11 is 0. The molecule has 0 fully saturated rings. The summed E-state index contributed by atoms with van der Waals surface area (Å²) in [4.78, 5) is 26.0. The molecule has 2 aliphatic rings. The van der Waals surface area contributed by atoms with E-state index >= 15 is 0 Å². The summed E-state index contributed by atoms with van der Waals surface area (Å²) in [7, 11) is 0. The van der Waals surface area contributed by atoms with E-state index < -0.39 is 0 Å². The molecule has 2 N–H and O–H groups in total. The molecule has 162 valence electrons. The molecule has 1 aromatic heterocycles. The number of hydrogen-bond acceptors (Lipinski definition) is 5. The molecule has 0 spiro atoms. The standard InChI is InChI=1S/C25H24N4O3/c1-2-32-18-13-11-17(12-14-18)27-25(31)19-15-26-29-23(16-7-4-3-5-8-16)22-20(28-24(19)29)9-6-10-21(22)30/h3-5,7-8,11-15,23,28H,2,6,9-10H2,1H3,(H,27,31)/t23-/m0/s1. The Bertz CT molecular complexity index is 1200. The number of nitrogens with zero attached hydrogens (tertiary/aromatic N) is 2. The summed E-state index contributed by atoms with van der Waals surface area (Å²) in [6.45, 7) is 2.51. The van der Waals surface area contributed by atoms with E-state index in [0.717, 1.165) is 35.4 Å². The Balaban J connectivity index is 1.49. The Kier molecular flexibility index (Phi) is 5.23. The molecule has 2 aromatic carbocycles. The first-order chi connectivity index (χ1) is 15.7. The first kappa shape index (κ1) is 20.1. The van der Waals surface area contributed by atoms with Gasteiger partial charge in [-0.2, -0.15) is 5.10 Å². The SMILES string of the molecule is CCOc1ccc(NC(=O)c2cnn3c2NC2=C(C(=O)CCC2)[C@@H]3c2ccccc2)cc1. The van der Waals surface area contributed by atoms with Crippen LogP contribution in [0.3, 0.4) is 0 Å². The number of anilines is 2. The van der Waals surface area contributed by atoms with Gasteiger partial charge in [0.05, 0.1) is 12.8 Å². The van der Waals surface area contributed by atoms with Gasteiger partial charge >= 0.3 is 0 Å². The van der Waals surface area contributed by atoms with E-state index in [2.05, 4.69) is 15.7 Å². The molecule has 1 aliphatic heterocycles. The Morgan fingerprint density at radius 1 is 1.16 bits per heavy atom. The van der Waals surface area contributed by atoms with Crippen molar-refractivity contribution in [1.29, 1.82) is 0 Å². The van der Waals surface area contributed by atoms with E-state index in [1.165, 1.54) is 0 Å². The lowest BCUT2D eigenvalue weighted by Gasteiger charge is -2.33. The second-order valence-corrected chi connectivity index (χ2v) is 7.87. The van der Waals surface area contributed by atoms with E-state index in [4.69, 9.17) is 4.74 Å². The number of aromatic nitrogens is 2. The van der Waals surface area contributed by atoms with Crippen LogP contribution in [0.25, 0.3) is 0 Å². The average molecular weight is 428 g/mol. The number of ketones is 1. The molecule has 3 aromatic rings. The van der Waals surface area contributed by atoms with Crippen molar-refractivity contribution in [2.45, 2.75) is 32.2 Å². The Labute approximate surface area is 186 Å². The minimum absolute atomic E-state index is 0.133. The molecular weight excluding hydrogens is 404 g/mol.